The van der Waals surface area contributed by atoms with E-state index in [0.717, 1.165) is 4.34 Å². The van der Waals surface area contributed by atoms with Gasteiger partial charge in [-0.25, -0.2) is 0 Å². The van der Waals surface area contributed by atoms with Gasteiger partial charge in [0.25, 0.3) is 5.91 Å². The van der Waals surface area contributed by atoms with Crippen LogP contribution in [0.5, 0.6) is 0 Å². The first-order chi connectivity index (χ1) is 12.7. The second-order valence-electron chi connectivity index (χ2n) is 7.46. The second-order valence-corrected chi connectivity index (χ2v) is 10.00. The van der Waals surface area contributed by atoms with Gasteiger partial charge in [0.15, 0.2) is 4.34 Å². The Morgan fingerprint density at radius 3 is 2.11 bits per heavy atom. The molecule has 0 aliphatic heterocycles. The van der Waals surface area contributed by atoms with Gasteiger partial charge in [-0.1, -0.05) is 49.1 Å². The minimum atomic E-state index is -0.156. The van der Waals surface area contributed by atoms with Gasteiger partial charge in [0.05, 0.1) is 5.37 Å². The Morgan fingerprint density at radius 1 is 1.00 bits per heavy atom. The highest BCUT2D eigenvalue weighted by molar-refractivity contribution is 8.01. The van der Waals surface area contributed by atoms with Crippen LogP contribution in [0.1, 0.15) is 70.3 Å². The number of amides is 1. The lowest BCUT2D eigenvalue weighted by atomic mass is 10.0. The summed E-state index contributed by atoms with van der Waals surface area (Å²) in [5, 5.41) is 12.0. The Balaban J connectivity index is 1.99. The van der Waals surface area contributed by atoms with Gasteiger partial charge in [0.1, 0.15) is 0 Å². The van der Waals surface area contributed by atoms with Crippen molar-refractivity contribution in [2.75, 3.05) is 5.32 Å². The first kappa shape index (κ1) is 21.9. The van der Waals surface area contributed by atoms with Crippen LogP contribution < -0.4 is 5.32 Å². The van der Waals surface area contributed by atoms with Gasteiger partial charge in [-0.3, -0.25) is 15.0 Å². The molecule has 1 aromatic carbocycles. The average molecular weight is 407 g/mol. The molecular weight excluding hydrogens is 376 g/mol. The molecule has 0 saturated carbocycles. The normalized spacial score (nSPS) is 13.0. The van der Waals surface area contributed by atoms with Crippen LogP contribution in [0.25, 0.3) is 0 Å². The Labute approximate surface area is 171 Å². The topological polar surface area (TPSA) is 58.1 Å². The molecule has 1 atom stereocenters. The van der Waals surface area contributed by atoms with Crippen molar-refractivity contribution in [2.24, 2.45) is 0 Å². The molecule has 0 saturated heterocycles. The van der Waals surface area contributed by atoms with Crippen LogP contribution in [-0.2, 0) is 0 Å². The molecule has 0 bridgehead atoms. The van der Waals surface area contributed by atoms with E-state index in [9.17, 15) is 4.79 Å². The molecule has 1 heterocycles. The Morgan fingerprint density at radius 2 is 1.59 bits per heavy atom. The molecule has 5 nitrogen and oxygen atoms in total. The number of benzene rings is 1. The maximum atomic E-state index is 12.4. The Hall–Kier alpha value is -1.44. The first-order valence-corrected chi connectivity index (χ1v) is 11.1. The summed E-state index contributed by atoms with van der Waals surface area (Å²) in [7, 11) is 0. The predicted octanol–water partition coefficient (Wildman–Crippen LogP) is 5.47. The fourth-order valence-electron chi connectivity index (χ4n) is 3.14. The summed E-state index contributed by atoms with van der Waals surface area (Å²) in [6.45, 7) is 15.3. The Kier molecular flexibility index (Phi) is 7.82. The fraction of sp³-hybridized carbons (Fsp3) is 0.550. The molecule has 7 heteroatoms. The third kappa shape index (κ3) is 6.02. The van der Waals surface area contributed by atoms with Crippen LogP contribution in [-0.4, -0.2) is 38.5 Å². The largest absolute Gasteiger partial charge is 0.296 e. The van der Waals surface area contributed by atoms with E-state index in [4.69, 9.17) is 0 Å². The smallest absolute Gasteiger partial charge is 0.257 e. The van der Waals surface area contributed by atoms with Crippen molar-refractivity contribution in [1.82, 2.24) is 15.1 Å². The standard InChI is InChI=1S/C20H30N4OS2/c1-12(2)16-8-10-17(11-9-16)18(25)21-19-22-23-20(27-19)26-15(7)24(13(3)4)14(5)6/h8-15H,1-7H3,(H,21,22,25). The number of carbonyl (C=O) groups excluding carboxylic acids is 1. The average Bonchev–Trinajstić information content (AvgIpc) is 3.00. The van der Waals surface area contributed by atoms with Crippen molar-refractivity contribution in [2.45, 2.75) is 76.2 Å². The molecular formula is C20H30N4OS2. The Bertz CT molecular complexity index is 733. The van der Waals surface area contributed by atoms with Crippen molar-refractivity contribution >= 4 is 34.1 Å². The van der Waals surface area contributed by atoms with Crippen molar-refractivity contribution in [3.8, 4) is 0 Å². The first-order valence-electron chi connectivity index (χ1n) is 9.38. The minimum absolute atomic E-state index is 0.156. The molecule has 2 aromatic rings. The minimum Gasteiger partial charge on any atom is -0.296 e. The molecule has 2 rings (SSSR count). The highest BCUT2D eigenvalue weighted by atomic mass is 32.2. The highest BCUT2D eigenvalue weighted by Gasteiger charge is 2.22. The van der Waals surface area contributed by atoms with Gasteiger partial charge >= 0.3 is 0 Å². The number of nitrogens with one attached hydrogen (secondary N) is 1. The lowest BCUT2D eigenvalue weighted by molar-refractivity contribution is 0.102. The quantitative estimate of drug-likeness (QED) is 0.358. The van der Waals surface area contributed by atoms with Gasteiger partial charge in [-0.15, -0.1) is 10.2 Å². The number of anilines is 1. The van der Waals surface area contributed by atoms with E-state index in [-0.39, 0.29) is 11.3 Å². The number of hydrogen-bond acceptors (Lipinski definition) is 6. The molecule has 0 aliphatic rings. The molecule has 148 valence electrons. The molecule has 1 aromatic heterocycles. The third-order valence-electron chi connectivity index (χ3n) is 4.35. The SMILES string of the molecule is CC(C)c1ccc(C(=O)Nc2nnc(SC(C)N(C(C)C)C(C)C)s2)cc1. The summed E-state index contributed by atoms with van der Waals surface area (Å²) in [6.07, 6.45) is 0. The monoisotopic (exact) mass is 406 g/mol. The maximum absolute atomic E-state index is 12.4. The zero-order valence-electron chi connectivity index (χ0n) is 17.2. The third-order valence-corrected chi connectivity index (χ3v) is 6.39. The van der Waals surface area contributed by atoms with Crippen molar-refractivity contribution in [3.05, 3.63) is 35.4 Å². The molecule has 1 N–H and O–H groups in total. The summed E-state index contributed by atoms with van der Waals surface area (Å²) >= 11 is 3.09. The summed E-state index contributed by atoms with van der Waals surface area (Å²) in [5.41, 5.74) is 1.85. The fourth-order valence-corrected chi connectivity index (χ4v) is 5.45. The molecule has 0 radical (unpaired) electrons. The van der Waals surface area contributed by atoms with E-state index in [1.54, 1.807) is 11.8 Å². The van der Waals surface area contributed by atoms with Crippen LogP contribution in [0.2, 0.25) is 0 Å². The lowest BCUT2D eigenvalue weighted by Crippen LogP contribution is -2.41. The van der Waals surface area contributed by atoms with E-state index in [2.05, 4.69) is 68.9 Å². The van der Waals surface area contributed by atoms with Crippen LogP contribution in [0.4, 0.5) is 5.13 Å². The summed E-state index contributed by atoms with van der Waals surface area (Å²) in [5.74, 6) is 0.292. The summed E-state index contributed by atoms with van der Waals surface area (Å²) in [4.78, 5) is 14.9. The van der Waals surface area contributed by atoms with Crippen LogP contribution in [0.15, 0.2) is 28.6 Å². The van der Waals surface area contributed by atoms with Gasteiger partial charge in [-0.05, 0) is 58.2 Å². The van der Waals surface area contributed by atoms with E-state index in [1.807, 2.05) is 24.3 Å². The van der Waals surface area contributed by atoms with Crippen LogP contribution >= 0.6 is 23.1 Å². The number of nitrogens with zero attached hydrogens (tertiary/aromatic N) is 3. The highest BCUT2D eigenvalue weighted by Crippen LogP contribution is 2.32. The van der Waals surface area contributed by atoms with E-state index in [1.165, 1.54) is 16.9 Å². The molecule has 0 aliphatic carbocycles. The molecule has 27 heavy (non-hydrogen) atoms. The van der Waals surface area contributed by atoms with Crippen molar-refractivity contribution < 1.29 is 4.79 Å². The number of aromatic nitrogens is 2. The van der Waals surface area contributed by atoms with Crippen LogP contribution in [0, 0.1) is 0 Å². The van der Waals surface area contributed by atoms with Crippen molar-refractivity contribution in [3.63, 3.8) is 0 Å². The summed E-state index contributed by atoms with van der Waals surface area (Å²) in [6, 6.07) is 8.60. The van der Waals surface area contributed by atoms with Gasteiger partial charge < -0.3 is 0 Å². The summed E-state index contributed by atoms with van der Waals surface area (Å²) < 4.78 is 0.860. The van der Waals surface area contributed by atoms with E-state index < -0.39 is 0 Å². The molecule has 1 unspecified atom stereocenters. The molecule has 1 amide bonds. The maximum Gasteiger partial charge on any atom is 0.257 e. The van der Waals surface area contributed by atoms with E-state index in [0.29, 0.717) is 28.7 Å². The number of thioether (sulfide) groups is 1. The zero-order valence-corrected chi connectivity index (χ0v) is 18.8. The molecule has 0 fully saturated rings. The zero-order chi connectivity index (χ0) is 20.1. The number of hydrogen-bond donors (Lipinski definition) is 1. The van der Waals surface area contributed by atoms with Crippen LogP contribution in [0.3, 0.4) is 0 Å². The van der Waals surface area contributed by atoms with Crippen molar-refractivity contribution in [1.29, 1.82) is 0 Å². The van der Waals surface area contributed by atoms with Gasteiger partial charge in [-0.2, -0.15) is 0 Å². The number of rotatable bonds is 8. The molecule has 0 spiro atoms. The van der Waals surface area contributed by atoms with Gasteiger partial charge in [0.2, 0.25) is 5.13 Å². The predicted molar refractivity (Wildman–Crippen MR) is 116 cm³/mol. The number of carbonyl (C=O) groups is 1. The van der Waals surface area contributed by atoms with E-state index >= 15 is 0 Å². The second kappa shape index (κ2) is 9.66. The lowest BCUT2D eigenvalue weighted by Gasteiger charge is -2.35. The van der Waals surface area contributed by atoms with Gasteiger partial charge in [0, 0.05) is 17.6 Å².